The number of thioether (sulfide) groups is 1. The largest absolute Gasteiger partial charge is 0.326 e. The topological polar surface area (TPSA) is 101 Å². The van der Waals surface area contributed by atoms with Crippen LogP contribution in [0.4, 0.5) is 17.1 Å². The van der Waals surface area contributed by atoms with Crippen LogP contribution in [0.15, 0.2) is 53.4 Å². The Morgan fingerprint density at radius 2 is 1.62 bits per heavy atom. The lowest BCUT2D eigenvalue weighted by atomic mass is 10.3. The molecule has 0 bridgehead atoms. The summed E-state index contributed by atoms with van der Waals surface area (Å²) in [7, 11) is 0. The summed E-state index contributed by atoms with van der Waals surface area (Å²) in [6.45, 7) is 1.41. The Morgan fingerprint density at radius 3 is 2.21 bits per heavy atom. The molecule has 0 radical (unpaired) electrons. The minimum absolute atomic E-state index is 0.0186. The van der Waals surface area contributed by atoms with E-state index in [-0.39, 0.29) is 23.3 Å². The maximum atomic E-state index is 12.0. The molecule has 2 amide bonds. The predicted molar refractivity (Wildman–Crippen MR) is 93.2 cm³/mol. The van der Waals surface area contributed by atoms with Gasteiger partial charge in [0, 0.05) is 24.4 Å². The van der Waals surface area contributed by atoms with Crippen LogP contribution in [0.1, 0.15) is 6.92 Å². The van der Waals surface area contributed by atoms with Crippen LogP contribution in [0.3, 0.4) is 0 Å². The Balaban J connectivity index is 1.92. The zero-order valence-electron chi connectivity index (χ0n) is 12.8. The molecule has 7 nitrogen and oxygen atoms in total. The van der Waals surface area contributed by atoms with Crippen LogP contribution in [-0.4, -0.2) is 22.5 Å². The molecule has 0 aromatic heterocycles. The van der Waals surface area contributed by atoms with Crippen molar-refractivity contribution in [2.75, 3.05) is 16.4 Å². The van der Waals surface area contributed by atoms with Gasteiger partial charge >= 0.3 is 0 Å². The van der Waals surface area contributed by atoms with Crippen molar-refractivity contribution < 1.29 is 14.5 Å². The second-order valence-electron chi connectivity index (χ2n) is 4.82. The van der Waals surface area contributed by atoms with Crippen LogP contribution >= 0.6 is 11.8 Å². The van der Waals surface area contributed by atoms with Crippen molar-refractivity contribution in [3.63, 3.8) is 0 Å². The van der Waals surface area contributed by atoms with E-state index in [1.807, 2.05) is 0 Å². The van der Waals surface area contributed by atoms with Gasteiger partial charge in [-0.25, -0.2) is 0 Å². The van der Waals surface area contributed by atoms with Crippen LogP contribution in [0.2, 0.25) is 0 Å². The van der Waals surface area contributed by atoms with Gasteiger partial charge in [-0.05, 0) is 30.3 Å². The highest BCUT2D eigenvalue weighted by molar-refractivity contribution is 8.00. The highest BCUT2D eigenvalue weighted by Crippen LogP contribution is 2.28. The lowest BCUT2D eigenvalue weighted by Gasteiger charge is -2.07. The fourth-order valence-corrected chi connectivity index (χ4v) is 2.73. The Labute approximate surface area is 142 Å². The van der Waals surface area contributed by atoms with Gasteiger partial charge in [-0.1, -0.05) is 12.1 Å². The first kappa shape index (κ1) is 17.5. The Hall–Kier alpha value is -2.87. The minimum atomic E-state index is -0.471. The highest BCUT2D eigenvalue weighted by Gasteiger charge is 2.14. The number of nitrogens with one attached hydrogen (secondary N) is 2. The van der Waals surface area contributed by atoms with Crippen LogP contribution in [0, 0.1) is 10.1 Å². The summed E-state index contributed by atoms with van der Waals surface area (Å²) in [5.41, 5.74) is 1.20. The number of nitro benzene ring substituents is 1. The van der Waals surface area contributed by atoms with Gasteiger partial charge in [-0.2, -0.15) is 0 Å². The number of amides is 2. The second kappa shape index (κ2) is 8.11. The first-order valence-corrected chi connectivity index (χ1v) is 7.98. The summed E-state index contributed by atoms with van der Waals surface area (Å²) in [6.07, 6.45) is 0. The maximum Gasteiger partial charge on any atom is 0.282 e. The molecular weight excluding hydrogens is 330 g/mol. The highest BCUT2D eigenvalue weighted by atomic mass is 32.2. The molecule has 0 atom stereocenters. The van der Waals surface area contributed by atoms with E-state index < -0.39 is 4.92 Å². The molecule has 124 valence electrons. The summed E-state index contributed by atoms with van der Waals surface area (Å²) >= 11 is 1.10. The molecule has 2 aromatic rings. The first-order valence-electron chi connectivity index (χ1n) is 6.99. The Bertz CT molecular complexity index is 762. The van der Waals surface area contributed by atoms with Gasteiger partial charge in [0.1, 0.15) is 0 Å². The number of carbonyl (C=O) groups excluding carboxylic acids is 2. The third-order valence-corrected chi connectivity index (χ3v) is 3.97. The minimum Gasteiger partial charge on any atom is -0.326 e. The average Bonchev–Trinajstić information content (AvgIpc) is 2.54. The molecule has 0 saturated heterocycles. The molecule has 0 spiro atoms. The first-order chi connectivity index (χ1) is 11.5. The van der Waals surface area contributed by atoms with Crippen LogP contribution in [-0.2, 0) is 9.59 Å². The van der Waals surface area contributed by atoms with E-state index in [0.29, 0.717) is 16.3 Å². The number of nitrogens with zero attached hydrogens (tertiary/aromatic N) is 1. The lowest BCUT2D eigenvalue weighted by molar-refractivity contribution is -0.387. The van der Waals surface area contributed by atoms with E-state index in [4.69, 9.17) is 0 Å². The van der Waals surface area contributed by atoms with Crippen LogP contribution in [0.25, 0.3) is 0 Å². The number of hydrogen-bond donors (Lipinski definition) is 2. The number of anilines is 2. The van der Waals surface area contributed by atoms with Crippen molar-refractivity contribution in [2.45, 2.75) is 11.8 Å². The van der Waals surface area contributed by atoms with E-state index in [9.17, 15) is 19.7 Å². The normalized spacial score (nSPS) is 10.0. The van der Waals surface area contributed by atoms with Crippen molar-refractivity contribution in [1.82, 2.24) is 0 Å². The van der Waals surface area contributed by atoms with Gasteiger partial charge < -0.3 is 10.6 Å². The van der Waals surface area contributed by atoms with E-state index in [2.05, 4.69) is 10.6 Å². The molecule has 0 fully saturated rings. The molecule has 0 heterocycles. The Kier molecular flexibility index (Phi) is 5.91. The van der Waals surface area contributed by atoms with Gasteiger partial charge in [-0.15, -0.1) is 11.8 Å². The third-order valence-electron chi connectivity index (χ3n) is 2.91. The SMILES string of the molecule is CC(=O)Nc1ccc(NC(=O)CSc2ccccc2[N+](=O)[O-])cc1. The summed E-state index contributed by atoms with van der Waals surface area (Å²) < 4.78 is 0. The van der Waals surface area contributed by atoms with E-state index >= 15 is 0 Å². The summed E-state index contributed by atoms with van der Waals surface area (Å²) in [4.78, 5) is 33.8. The number of rotatable bonds is 6. The quantitative estimate of drug-likeness (QED) is 0.475. The van der Waals surface area contributed by atoms with Gasteiger partial charge in [0.25, 0.3) is 5.69 Å². The van der Waals surface area contributed by atoms with Crippen LogP contribution in [0.5, 0.6) is 0 Å². The molecular formula is C16H15N3O4S. The number of benzene rings is 2. The molecule has 0 aliphatic heterocycles. The summed E-state index contributed by atoms with van der Waals surface area (Å²) in [6, 6.07) is 13.0. The average molecular weight is 345 g/mol. The number of nitro groups is 1. The zero-order valence-corrected chi connectivity index (χ0v) is 13.6. The molecule has 2 aromatic carbocycles. The molecule has 8 heteroatoms. The fourth-order valence-electron chi connectivity index (χ4n) is 1.91. The van der Waals surface area contributed by atoms with Crippen molar-refractivity contribution in [3.8, 4) is 0 Å². The second-order valence-corrected chi connectivity index (χ2v) is 5.84. The monoisotopic (exact) mass is 345 g/mol. The van der Waals surface area contributed by atoms with Crippen molar-refractivity contribution >= 4 is 40.6 Å². The molecule has 0 unspecified atom stereocenters. The predicted octanol–water partition coefficient (Wildman–Crippen LogP) is 3.28. The van der Waals surface area contributed by atoms with Gasteiger partial charge in [0.15, 0.2) is 0 Å². The molecule has 24 heavy (non-hydrogen) atoms. The summed E-state index contributed by atoms with van der Waals surface area (Å²) in [5, 5.41) is 16.3. The number of hydrogen-bond acceptors (Lipinski definition) is 5. The standard InChI is InChI=1S/C16H15N3O4S/c1-11(20)17-12-6-8-13(9-7-12)18-16(21)10-24-15-5-3-2-4-14(15)19(22)23/h2-9H,10H2,1H3,(H,17,20)(H,18,21). The van der Waals surface area contributed by atoms with Gasteiger partial charge in [0.05, 0.1) is 15.6 Å². The molecule has 2 N–H and O–H groups in total. The van der Waals surface area contributed by atoms with Gasteiger partial charge in [-0.3, -0.25) is 19.7 Å². The molecule has 2 rings (SSSR count). The summed E-state index contributed by atoms with van der Waals surface area (Å²) in [5.74, 6) is -0.392. The molecule has 0 saturated carbocycles. The smallest absolute Gasteiger partial charge is 0.282 e. The van der Waals surface area contributed by atoms with E-state index in [0.717, 1.165) is 11.8 Å². The van der Waals surface area contributed by atoms with Crippen molar-refractivity contribution in [1.29, 1.82) is 0 Å². The van der Waals surface area contributed by atoms with Crippen molar-refractivity contribution in [2.24, 2.45) is 0 Å². The number of para-hydroxylation sites is 1. The van der Waals surface area contributed by atoms with E-state index in [1.54, 1.807) is 42.5 Å². The zero-order chi connectivity index (χ0) is 17.5. The van der Waals surface area contributed by atoms with E-state index in [1.165, 1.54) is 13.0 Å². The van der Waals surface area contributed by atoms with Gasteiger partial charge in [0.2, 0.25) is 11.8 Å². The van der Waals surface area contributed by atoms with Crippen molar-refractivity contribution in [3.05, 3.63) is 58.6 Å². The molecule has 0 aliphatic carbocycles. The third kappa shape index (κ3) is 5.10. The maximum absolute atomic E-state index is 12.0. The molecule has 0 aliphatic rings. The Morgan fingerprint density at radius 1 is 1.04 bits per heavy atom. The fraction of sp³-hybridized carbons (Fsp3) is 0.125. The van der Waals surface area contributed by atoms with Crippen LogP contribution < -0.4 is 10.6 Å². The number of carbonyl (C=O) groups is 2. The lowest BCUT2D eigenvalue weighted by Crippen LogP contribution is -2.14.